The van der Waals surface area contributed by atoms with Gasteiger partial charge >= 0.3 is 5.97 Å². The number of nitrogens with two attached hydrogens (primary N) is 1. The van der Waals surface area contributed by atoms with E-state index < -0.39 is 47.9 Å². The minimum Gasteiger partial charge on any atom is -0.480 e. The van der Waals surface area contributed by atoms with Gasteiger partial charge in [0, 0.05) is 6.42 Å². The lowest BCUT2D eigenvalue weighted by Crippen LogP contribution is -2.59. The van der Waals surface area contributed by atoms with Crippen molar-refractivity contribution in [2.75, 3.05) is 0 Å². The van der Waals surface area contributed by atoms with Gasteiger partial charge in [0.15, 0.2) is 0 Å². The van der Waals surface area contributed by atoms with Crippen molar-refractivity contribution in [3.8, 4) is 0 Å². The van der Waals surface area contributed by atoms with Crippen LogP contribution in [-0.4, -0.2) is 53.0 Å². The Balaban J connectivity index is 3.10. The first-order valence-corrected chi connectivity index (χ1v) is 11.4. The molecule has 9 heteroatoms. The van der Waals surface area contributed by atoms with Gasteiger partial charge in [0.1, 0.15) is 18.1 Å². The molecular weight excluding hydrogens is 424 g/mol. The highest BCUT2D eigenvalue weighted by molar-refractivity contribution is 5.94. The molecule has 184 valence electrons. The first-order valence-electron chi connectivity index (χ1n) is 11.4. The molecule has 0 spiro atoms. The number of carbonyl (C=O) groups excluding carboxylic acids is 3. The van der Waals surface area contributed by atoms with Gasteiger partial charge in [-0.25, -0.2) is 0 Å². The summed E-state index contributed by atoms with van der Waals surface area (Å²) in [5.41, 5.74) is 6.88. The van der Waals surface area contributed by atoms with E-state index in [9.17, 15) is 19.2 Å². The molecular formula is C24H38N4O5. The van der Waals surface area contributed by atoms with Crippen LogP contribution >= 0.6 is 0 Å². The van der Waals surface area contributed by atoms with Gasteiger partial charge in [-0.3, -0.25) is 19.2 Å². The second-order valence-electron chi connectivity index (χ2n) is 8.60. The molecule has 0 saturated carbocycles. The van der Waals surface area contributed by atoms with Crippen LogP contribution in [0.3, 0.4) is 0 Å². The van der Waals surface area contributed by atoms with Crippen LogP contribution in [0.2, 0.25) is 0 Å². The Morgan fingerprint density at radius 3 is 1.94 bits per heavy atom. The fourth-order valence-electron chi connectivity index (χ4n) is 3.16. The molecule has 9 nitrogen and oxygen atoms in total. The molecule has 0 aliphatic heterocycles. The summed E-state index contributed by atoms with van der Waals surface area (Å²) in [7, 11) is 0. The summed E-state index contributed by atoms with van der Waals surface area (Å²) in [6.07, 6.45) is 1.50. The molecule has 0 aromatic heterocycles. The smallest absolute Gasteiger partial charge is 0.325 e. The third-order valence-electron chi connectivity index (χ3n) is 6.00. The molecule has 0 saturated heterocycles. The molecule has 1 aromatic rings. The number of carboxylic acids is 1. The standard InChI is InChI=1S/C24H38N4O5/c1-6-14(3)19(25)22(30)27-18(13-17-11-9-8-10-12-17)21(29)28-20(15(4)7-2)23(31)26-16(5)24(32)33/h8-12,14-16,18-20H,6-7,13,25H2,1-5H3,(H,26,31)(H,27,30)(H,28,29)(H,32,33). The van der Waals surface area contributed by atoms with Gasteiger partial charge in [0.05, 0.1) is 6.04 Å². The highest BCUT2D eigenvalue weighted by atomic mass is 16.4. The summed E-state index contributed by atoms with van der Waals surface area (Å²) >= 11 is 0. The largest absolute Gasteiger partial charge is 0.480 e. The molecule has 0 bridgehead atoms. The molecule has 6 N–H and O–H groups in total. The van der Waals surface area contributed by atoms with Crippen LogP contribution in [0, 0.1) is 11.8 Å². The van der Waals surface area contributed by atoms with Crippen molar-refractivity contribution in [3.05, 3.63) is 35.9 Å². The molecule has 6 unspecified atom stereocenters. The average Bonchev–Trinajstić information content (AvgIpc) is 2.80. The van der Waals surface area contributed by atoms with Crippen LogP contribution in [0.15, 0.2) is 30.3 Å². The Morgan fingerprint density at radius 1 is 0.848 bits per heavy atom. The average molecular weight is 463 g/mol. The van der Waals surface area contributed by atoms with Crippen molar-refractivity contribution in [3.63, 3.8) is 0 Å². The number of nitrogens with one attached hydrogen (secondary N) is 3. The van der Waals surface area contributed by atoms with Crippen molar-refractivity contribution < 1.29 is 24.3 Å². The van der Waals surface area contributed by atoms with Gasteiger partial charge in [0.2, 0.25) is 17.7 Å². The molecule has 1 aromatic carbocycles. The van der Waals surface area contributed by atoms with E-state index in [1.54, 1.807) is 6.92 Å². The zero-order chi connectivity index (χ0) is 25.1. The maximum Gasteiger partial charge on any atom is 0.325 e. The van der Waals surface area contributed by atoms with Crippen molar-refractivity contribution in [1.82, 2.24) is 16.0 Å². The number of amides is 3. The summed E-state index contributed by atoms with van der Waals surface area (Å²) in [6.45, 7) is 8.80. The number of rotatable bonds is 13. The van der Waals surface area contributed by atoms with E-state index in [1.807, 2.05) is 51.1 Å². The van der Waals surface area contributed by atoms with Gasteiger partial charge in [-0.05, 0) is 24.3 Å². The minimum absolute atomic E-state index is 0.0680. The topological polar surface area (TPSA) is 151 Å². The second-order valence-corrected chi connectivity index (χ2v) is 8.60. The van der Waals surface area contributed by atoms with Crippen molar-refractivity contribution in [2.45, 2.75) is 78.0 Å². The van der Waals surface area contributed by atoms with Crippen LogP contribution in [0.25, 0.3) is 0 Å². The SMILES string of the molecule is CCC(C)C(N)C(=O)NC(Cc1ccccc1)C(=O)NC(C(=O)NC(C)C(=O)O)C(C)CC. The van der Waals surface area contributed by atoms with E-state index in [-0.39, 0.29) is 18.3 Å². The molecule has 0 radical (unpaired) electrons. The number of carbonyl (C=O) groups is 4. The van der Waals surface area contributed by atoms with Crippen molar-refractivity contribution >= 4 is 23.7 Å². The van der Waals surface area contributed by atoms with E-state index in [0.717, 1.165) is 5.56 Å². The maximum absolute atomic E-state index is 13.2. The number of benzene rings is 1. The zero-order valence-electron chi connectivity index (χ0n) is 20.1. The Morgan fingerprint density at radius 2 is 1.42 bits per heavy atom. The number of hydrogen-bond acceptors (Lipinski definition) is 5. The van der Waals surface area contributed by atoms with Gasteiger partial charge in [0.25, 0.3) is 0 Å². The zero-order valence-corrected chi connectivity index (χ0v) is 20.1. The third-order valence-corrected chi connectivity index (χ3v) is 6.00. The molecule has 0 heterocycles. The highest BCUT2D eigenvalue weighted by Gasteiger charge is 2.32. The van der Waals surface area contributed by atoms with E-state index in [4.69, 9.17) is 10.8 Å². The fraction of sp³-hybridized carbons (Fsp3) is 0.583. The molecule has 0 aliphatic rings. The maximum atomic E-state index is 13.2. The van der Waals surface area contributed by atoms with E-state index >= 15 is 0 Å². The van der Waals surface area contributed by atoms with E-state index in [0.29, 0.717) is 12.8 Å². The van der Waals surface area contributed by atoms with E-state index in [2.05, 4.69) is 16.0 Å². The normalized spacial score (nSPS) is 16.4. The molecule has 3 amide bonds. The molecule has 0 fully saturated rings. The van der Waals surface area contributed by atoms with Crippen LogP contribution in [0.5, 0.6) is 0 Å². The van der Waals surface area contributed by atoms with Gasteiger partial charge < -0.3 is 26.8 Å². The van der Waals surface area contributed by atoms with Crippen LogP contribution in [0.4, 0.5) is 0 Å². The Bertz CT molecular complexity index is 801. The summed E-state index contributed by atoms with van der Waals surface area (Å²) in [5.74, 6) is -3.07. The number of carboxylic acid groups (broad SMARTS) is 1. The van der Waals surface area contributed by atoms with Gasteiger partial charge in [-0.2, -0.15) is 0 Å². The number of hydrogen-bond donors (Lipinski definition) is 5. The molecule has 0 aliphatic carbocycles. The molecule has 1 rings (SSSR count). The molecule has 33 heavy (non-hydrogen) atoms. The highest BCUT2D eigenvalue weighted by Crippen LogP contribution is 2.11. The Kier molecular flexibility index (Phi) is 11.6. The lowest BCUT2D eigenvalue weighted by atomic mass is 9.96. The monoisotopic (exact) mass is 462 g/mol. The fourth-order valence-corrected chi connectivity index (χ4v) is 3.16. The summed E-state index contributed by atoms with van der Waals surface area (Å²) in [4.78, 5) is 49.8. The summed E-state index contributed by atoms with van der Waals surface area (Å²) < 4.78 is 0. The predicted octanol–water partition coefficient (Wildman–Crippen LogP) is 1.21. The van der Waals surface area contributed by atoms with Crippen LogP contribution in [-0.2, 0) is 25.6 Å². The van der Waals surface area contributed by atoms with Crippen molar-refractivity contribution in [2.24, 2.45) is 17.6 Å². The van der Waals surface area contributed by atoms with Crippen LogP contribution < -0.4 is 21.7 Å². The Labute approximate surface area is 195 Å². The molecule has 6 atom stereocenters. The summed E-state index contributed by atoms with van der Waals surface area (Å²) in [6, 6.07) is 5.42. The quantitative estimate of drug-likeness (QED) is 0.297. The second kappa shape index (κ2) is 13.6. The number of aliphatic carboxylic acids is 1. The lowest BCUT2D eigenvalue weighted by Gasteiger charge is -2.28. The third kappa shape index (κ3) is 8.84. The summed E-state index contributed by atoms with van der Waals surface area (Å²) in [5, 5.41) is 17.0. The van der Waals surface area contributed by atoms with Crippen molar-refractivity contribution in [1.29, 1.82) is 0 Å². The predicted molar refractivity (Wildman–Crippen MR) is 126 cm³/mol. The van der Waals surface area contributed by atoms with E-state index in [1.165, 1.54) is 6.92 Å². The Hall–Kier alpha value is -2.94. The lowest BCUT2D eigenvalue weighted by molar-refractivity contribution is -0.142. The van der Waals surface area contributed by atoms with Gasteiger partial charge in [-0.1, -0.05) is 70.9 Å². The minimum atomic E-state index is -1.18. The first-order chi connectivity index (χ1) is 15.5. The first kappa shape index (κ1) is 28.1. The van der Waals surface area contributed by atoms with Gasteiger partial charge in [-0.15, -0.1) is 0 Å². The van der Waals surface area contributed by atoms with Crippen LogP contribution in [0.1, 0.15) is 53.0 Å².